The highest BCUT2D eigenvalue weighted by Crippen LogP contribution is 2.11. The second-order valence-corrected chi connectivity index (χ2v) is 3.52. The average Bonchev–Trinajstić information content (AvgIpc) is 2.65. The van der Waals surface area contributed by atoms with Crippen LogP contribution in [-0.4, -0.2) is 24.7 Å². The molecule has 0 saturated carbocycles. The van der Waals surface area contributed by atoms with E-state index in [2.05, 4.69) is 31.0 Å². The summed E-state index contributed by atoms with van der Waals surface area (Å²) in [6, 6.07) is 0. The fraction of sp³-hybridized carbons (Fsp3) is 0. The van der Waals surface area contributed by atoms with Gasteiger partial charge in [-0.2, -0.15) is 5.10 Å². The van der Waals surface area contributed by atoms with Gasteiger partial charge in [0, 0.05) is 6.20 Å². The lowest BCUT2D eigenvalue weighted by Gasteiger charge is -1.96. The summed E-state index contributed by atoms with van der Waals surface area (Å²) in [6.07, 6.45) is 5.50. The molecule has 0 atom stereocenters. The molecule has 0 bridgehead atoms. The molecular formula is C7H4BrN5O2. The monoisotopic (exact) mass is 269 g/mol. The molecule has 0 amide bonds. The van der Waals surface area contributed by atoms with Gasteiger partial charge in [0.15, 0.2) is 0 Å². The molecule has 0 N–H and O–H groups in total. The van der Waals surface area contributed by atoms with E-state index >= 15 is 0 Å². The Hall–Kier alpha value is -1.83. The van der Waals surface area contributed by atoms with Gasteiger partial charge in [-0.15, -0.1) is 0 Å². The van der Waals surface area contributed by atoms with E-state index in [4.69, 9.17) is 0 Å². The van der Waals surface area contributed by atoms with Crippen molar-refractivity contribution in [2.75, 3.05) is 0 Å². The van der Waals surface area contributed by atoms with E-state index in [0.717, 1.165) is 16.9 Å². The van der Waals surface area contributed by atoms with Crippen LogP contribution in [0.25, 0.3) is 5.95 Å². The SMILES string of the molecule is O=[N+]([O-])c1cnc(-n2cc(Br)cn2)nc1. The normalized spacial score (nSPS) is 10.2. The number of hydrogen-bond donors (Lipinski definition) is 0. The Bertz CT molecular complexity index is 494. The highest BCUT2D eigenvalue weighted by Gasteiger charge is 2.08. The Morgan fingerprint density at radius 2 is 2.00 bits per heavy atom. The van der Waals surface area contributed by atoms with Gasteiger partial charge in [-0.1, -0.05) is 0 Å². The second kappa shape index (κ2) is 3.73. The van der Waals surface area contributed by atoms with E-state index in [9.17, 15) is 10.1 Å². The number of hydrogen-bond acceptors (Lipinski definition) is 5. The quantitative estimate of drug-likeness (QED) is 0.606. The Morgan fingerprint density at radius 1 is 1.33 bits per heavy atom. The molecule has 0 aliphatic rings. The van der Waals surface area contributed by atoms with Gasteiger partial charge in [0.25, 0.3) is 5.95 Å². The van der Waals surface area contributed by atoms with Gasteiger partial charge >= 0.3 is 5.69 Å². The average molecular weight is 270 g/mol. The zero-order chi connectivity index (χ0) is 10.8. The Labute approximate surface area is 92.1 Å². The molecule has 0 spiro atoms. The van der Waals surface area contributed by atoms with E-state index in [1.54, 1.807) is 12.4 Å². The van der Waals surface area contributed by atoms with Crippen molar-refractivity contribution in [1.82, 2.24) is 19.7 Å². The van der Waals surface area contributed by atoms with E-state index in [1.165, 1.54) is 4.68 Å². The van der Waals surface area contributed by atoms with Crippen molar-refractivity contribution < 1.29 is 4.92 Å². The fourth-order valence-electron chi connectivity index (χ4n) is 0.937. The molecule has 0 radical (unpaired) electrons. The van der Waals surface area contributed by atoms with Gasteiger partial charge < -0.3 is 0 Å². The molecule has 7 nitrogen and oxygen atoms in total. The standard InChI is InChI=1S/C7H4BrN5O2/c8-5-1-11-12(4-5)7-9-2-6(3-10-7)13(14)15/h1-4H. The summed E-state index contributed by atoms with van der Waals surface area (Å²) >= 11 is 3.22. The molecule has 2 aromatic rings. The molecule has 76 valence electrons. The van der Waals surface area contributed by atoms with Crippen LogP contribution in [-0.2, 0) is 0 Å². The molecule has 0 fully saturated rings. The molecule has 15 heavy (non-hydrogen) atoms. The van der Waals surface area contributed by atoms with Gasteiger partial charge in [-0.05, 0) is 15.9 Å². The van der Waals surface area contributed by atoms with Crippen molar-refractivity contribution in [3.63, 3.8) is 0 Å². The van der Waals surface area contributed by atoms with E-state index in [0.29, 0.717) is 0 Å². The summed E-state index contributed by atoms with van der Waals surface area (Å²) in [5.41, 5.74) is -0.148. The first-order chi connectivity index (χ1) is 7.16. The van der Waals surface area contributed by atoms with Crippen molar-refractivity contribution in [1.29, 1.82) is 0 Å². The first-order valence-electron chi connectivity index (χ1n) is 3.84. The van der Waals surface area contributed by atoms with Crippen LogP contribution >= 0.6 is 15.9 Å². The molecule has 0 aromatic carbocycles. The number of halogens is 1. The summed E-state index contributed by atoms with van der Waals surface area (Å²) < 4.78 is 2.19. The van der Waals surface area contributed by atoms with Crippen LogP contribution in [0, 0.1) is 10.1 Å². The van der Waals surface area contributed by atoms with Gasteiger partial charge in [-0.25, -0.2) is 14.6 Å². The zero-order valence-electron chi connectivity index (χ0n) is 7.24. The van der Waals surface area contributed by atoms with Gasteiger partial charge in [-0.3, -0.25) is 10.1 Å². The van der Waals surface area contributed by atoms with Crippen LogP contribution in [0.15, 0.2) is 29.3 Å². The van der Waals surface area contributed by atoms with Gasteiger partial charge in [0.1, 0.15) is 12.4 Å². The molecular weight excluding hydrogens is 266 g/mol. The maximum Gasteiger partial charge on any atom is 0.305 e. The molecule has 2 rings (SSSR count). The molecule has 2 aromatic heterocycles. The molecule has 8 heteroatoms. The van der Waals surface area contributed by atoms with Crippen LogP contribution in [0.1, 0.15) is 0 Å². The van der Waals surface area contributed by atoms with Crippen LogP contribution in [0.5, 0.6) is 0 Å². The lowest BCUT2D eigenvalue weighted by atomic mass is 10.5. The van der Waals surface area contributed by atoms with Crippen molar-refractivity contribution >= 4 is 21.6 Å². The molecule has 2 heterocycles. The summed E-state index contributed by atoms with van der Waals surface area (Å²) in [6.45, 7) is 0. The minimum atomic E-state index is -0.553. The Kier molecular flexibility index (Phi) is 2.42. The summed E-state index contributed by atoms with van der Waals surface area (Å²) in [5, 5.41) is 14.3. The number of aromatic nitrogens is 4. The van der Waals surface area contributed by atoms with E-state index in [-0.39, 0.29) is 11.6 Å². The van der Waals surface area contributed by atoms with Crippen LogP contribution in [0.4, 0.5) is 5.69 Å². The summed E-state index contributed by atoms with van der Waals surface area (Å²) in [4.78, 5) is 17.4. The number of rotatable bonds is 2. The maximum absolute atomic E-state index is 10.3. The van der Waals surface area contributed by atoms with Crippen molar-refractivity contribution in [2.45, 2.75) is 0 Å². The summed E-state index contributed by atoms with van der Waals surface area (Å²) in [5.74, 6) is 0.284. The predicted octanol–water partition coefficient (Wildman–Crippen LogP) is 1.33. The van der Waals surface area contributed by atoms with Crippen LogP contribution in [0.3, 0.4) is 0 Å². The minimum absolute atomic E-state index is 0.148. The number of nitrogens with zero attached hydrogens (tertiary/aromatic N) is 5. The molecule has 0 aliphatic carbocycles. The van der Waals surface area contributed by atoms with E-state index in [1.807, 2.05) is 0 Å². The lowest BCUT2D eigenvalue weighted by Crippen LogP contribution is -2.01. The fourth-order valence-corrected chi connectivity index (χ4v) is 1.22. The molecule has 0 unspecified atom stereocenters. The Morgan fingerprint density at radius 3 is 2.47 bits per heavy atom. The first kappa shape index (κ1) is 9.71. The van der Waals surface area contributed by atoms with Crippen LogP contribution < -0.4 is 0 Å². The largest absolute Gasteiger partial charge is 0.305 e. The third-order valence-corrected chi connectivity index (χ3v) is 2.00. The minimum Gasteiger partial charge on any atom is -0.258 e. The smallest absolute Gasteiger partial charge is 0.258 e. The summed E-state index contributed by atoms with van der Waals surface area (Å²) in [7, 11) is 0. The second-order valence-electron chi connectivity index (χ2n) is 2.60. The molecule has 0 saturated heterocycles. The third kappa shape index (κ3) is 1.99. The van der Waals surface area contributed by atoms with Crippen molar-refractivity contribution in [3.05, 3.63) is 39.4 Å². The zero-order valence-corrected chi connectivity index (χ0v) is 8.83. The highest BCUT2D eigenvalue weighted by atomic mass is 79.9. The Balaban J connectivity index is 2.35. The van der Waals surface area contributed by atoms with Crippen molar-refractivity contribution in [2.24, 2.45) is 0 Å². The highest BCUT2D eigenvalue weighted by molar-refractivity contribution is 9.10. The lowest BCUT2D eigenvalue weighted by molar-refractivity contribution is -0.385. The third-order valence-electron chi connectivity index (χ3n) is 1.59. The van der Waals surface area contributed by atoms with Gasteiger partial charge in [0.2, 0.25) is 0 Å². The molecule has 0 aliphatic heterocycles. The first-order valence-corrected chi connectivity index (χ1v) is 4.63. The van der Waals surface area contributed by atoms with E-state index < -0.39 is 4.92 Å². The number of nitro groups is 1. The van der Waals surface area contributed by atoms with Crippen molar-refractivity contribution in [3.8, 4) is 5.95 Å². The van der Waals surface area contributed by atoms with Crippen LogP contribution in [0.2, 0.25) is 0 Å². The maximum atomic E-state index is 10.3. The topological polar surface area (TPSA) is 86.7 Å². The predicted molar refractivity (Wildman–Crippen MR) is 53.5 cm³/mol. The van der Waals surface area contributed by atoms with Gasteiger partial charge in [0.05, 0.1) is 15.6 Å².